The second kappa shape index (κ2) is 3.30. The third kappa shape index (κ3) is 1.44. The van der Waals surface area contributed by atoms with Crippen LogP contribution >= 0.6 is 0 Å². The van der Waals surface area contributed by atoms with Crippen LogP contribution in [0.3, 0.4) is 0 Å². The maximum atomic E-state index is 10.8. The molecule has 0 saturated heterocycles. The van der Waals surface area contributed by atoms with Gasteiger partial charge in [-0.05, 0) is 30.6 Å². The lowest BCUT2D eigenvalue weighted by molar-refractivity contribution is -0.114. The number of carbonyl (C=O) groups is 1. The quantitative estimate of drug-likeness (QED) is 0.401. The molecule has 1 saturated carbocycles. The van der Waals surface area contributed by atoms with Crippen molar-refractivity contribution in [2.45, 2.75) is 12.8 Å². The second-order valence-electron chi connectivity index (χ2n) is 4.00. The SMILES string of the molecule is N#C/C(=C/[C@@H]1C[C@@H]2C=C[C@@H]1C2)C(N)=O. The van der Waals surface area contributed by atoms with Crippen molar-refractivity contribution in [3.63, 3.8) is 0 Å². The molecule has 0 heterocycles. The molecule has 3 heteroatoms. The summed E-state index contributed by atoms with van der Waals surface area (Å²) in [5, 5.41) is 8.69. The summed E-state index contributed by atoms with van der Waals surface area (Å²) in [6.07, 6.45) is 8.38. The summed E-state index contributed by atoms with van der Waals surface area (Å²) in [5.74, 6) is 0.892. The average molecular weight is 188 g/mol. The van der Waals surface area contributed by atoms with Gasteiger partial charge in [0.05, 0.1) is 0 Å². The smallest absolute Gasteiger partial charge is 0.259 e. The van der Waals surface area contributed by atoms with Gasteiger partial charge in [-0.25, -0.2) is 0 Å². The van der Waals surface area contributed by atoms with Gasteiger partial charge in [-0.15, -0.1) is 0 Å². The fraction of sp³-hybridized carbons (Fsp3) is 0.455. The van der Waals surface area contributed by atoms with Crippen molar-refractivity contribution in [2.24, 2.45) is 23.5 Å². The molecule has 3 atom stereocenters. The molecule has 0 aromatic carbocycles. The maximum absolute atomic E-state index is 10.8. The van der Waals surface area contributed by atoms with E-state index < -0.39 is 5.91 Å². The molecule has 2 bridgehead atoms. The Morgan fingerprint density at radius 1 is 1.50 bits per heavy atom. The Kier molecular flexibility index (Phi) is 2.12. The molecule has 0 unspecified atom stereocenters. The molecule has 3 nitrogen and oxygen atoms in total. The Bertz CT molecular complexity index is 362. The standard InChI is InChI=1S/C11H12N2O/c12-6-10(11(13)14)5-9-4-7-1-2-8(9)3-7/h1-2,5,7-9H,3-4H2,(H2,13,14)/b10-5-/t7-,8-,9+/m1/s1. The highest BCUT2D eigenvalue weighted by molar-refractivity contribution is 5.95. The maximum Gasteiger partial charge on any atom is 0.259 e. The summed E-state index contributed by atoms with van der Waals surface area (Å²) in [5.41, 5.74) is 5.18. The van der Waals surface area contributed by atoms with Gasteiger partial charge >= 0.3 is 0 Å². The van der Waals surface area contributed by atoms with Crippen LogP contribution in [-0.2, 0) is 4.79 Å². The molecule has 0 radical (unpaired) electrons. The van der Waals surface area contributed by atoms with Gasteiger partial charge in [0.2, 0.25) is 0 Å². The number of nitriles is 1. The minimum atomic E-state index is -0.612. The first-order chi connectivity index (χ1) is 6.70. The first kappa shape index (κ1) is 9.01. The van der Waals surface area contributed by atoms with E-state index in [2.05, 4.69) is 12.2 Å². The summed E-state index contributed by atoms with van der Waals surface area (Å²) in [6, 6.07) is 1.85. The molecule has 1 fully saturated rings. The van der Waals surface area contributed by atoms with E-state index in [0.29, 0.717) is 17.8 Å². The molecule has 0 aromatic heterocycles. The van der Waals surface area contributed by atoms with Crippen molar-refractivity contribution in [2.75, 3.05) is 0 Å². The van der Waals surface area contributed by atoms with E-state index in [1.54, 1.807) is 6.08 Å². The molecule has 1 amide bonds. The highest BCUT2D eigenvalue weighted by Crippen LogP contribution is 2.44. The summed E-state index contributed by atoms with van der Waals surface area (Å²) < 4.78 is 0. The highest BCUT2D eigenvalue weighted by atomic mass is 16.1. The fourth-order valence-electron chi connectivity index (χ4n) is 2.40. The first-order valence-electron chi connectivity index (χ1n) is 4.80. The normalized spacial score (nSPS) is 34.5. The van der Waals surface area contributed by atoms with Crippen LogP contribution in [0.4, 0.5) is 0 Å². The van der Waals surface area contributed by atoms with E-state index in [0.717, 1.165) is 6.42 Å². The minimum Gasteiger partial charge on any atom is -0.365 e. The van der Waals surface area contributed by atoms with Gasteiger partial charge in [0.15, 0.2) is 0 Å². The van der Waals surface area contributed by atoms with Crippen LogP contribution in [0, 0.1) is 29.1 Å². The Labute approximate surface area is 82.9 Å². The lowest BCUT2D eigenvalue weighted by Crippen LogP contribution is -2.15. The third-order valence-electron chi connectivity index (χ3n) is 3.10. The molecule has 0 aromatic rings. The molecule has 14 heavy (non-hydrogen) atoms. The molecule has 2 aliphatic rings. The van der Waals surface area contributed by atoms with Gasteiger partial charge < -0.3 is 5.73 Å². The predicted octanol–water partition coefficient (Wildman–Crippen LogP) is 1.13. The number of amides is 1. The van der Waals surface area contributed by atoms with Crippen molar-refractivity contribution in [1.29, 1.82) is 5.26 Å². The van der Waals surface area contributed by atoms with Crippen molar-refractivity contribution in [1.82, 2.24) is 0 Å². The van der Waals surface area contributed by atoms with Crippen LogP contribution in [0.2, 0.25) is 0 Å². The molecule has 0 spiro atoms. The van der Waals surface area contributed by atoms with Crippen molar-refractivity contribution >= 4 is 5.91 Å². The van der Waals surface area contributed by atoms with E-state index in [9.17, 15) is 4.79 Å². The first-order valence-corrected chi connectivity index (χ1v) is 4.80. The fourth-order valence-corrected chi connectivity index (χ4v) is 2.40. The Morgan fingerprint density at radius 3 is 2.71 bits per heavy atom. The monoisotopic (exact) mass is 188 g/mol. The largest absolute Gasteiger partial charge is 0.365 e. The van der Waals surface area contributed by atoms with Gasteiger partial charge in [0, 0.05) is 0 Å². The summed E-state index contributed by atoms with van der Waals surface area (Å²) in [4.78, 5) is 10.8. The van der Waals surface area contributed by atoms with Crippen LogP contribution < -0.4 is 5.73 Å². The zero-order valence-electron chi connectivity index (χ0n) is 7.81. The topological polar surface area (TPSA) is 66.9 Å². The van der Waals surface area contributed by atoms with E-state index in [4.69, 9.17) is 11.0 Å². The van der Waals surface area contributed by atoms with Gasteiger partial charge in [0.1, 0.15) is 11.6 Å². The average Bonchev–Trinajstić information content (AvgIpc) is 2.74. The van der Waals surface area contributed by atoms with Crippen LogP contribution in [0.5, 0.6) is 0 Å². The lowest BCUT2D eigenvalue weighted by Gasteiger charge is -2.13. The molecule has 72 valence electrons. The molecule has 2 aliphatic carbocycles. The van der Waals surface area contributed by atoms with Gasteiger partial charge in [-0.1, -0.05) is 18.2 Å². The van der Waals surface area contributed by atoms with Gasteiger partial charge in [0.25, 0.3) is 5.91 Å². The van der Waals surface area contributed by atoms with E-state index in [1.165, 1.54) is 6.42 Å². The number of nitrogens with zero attached hydrogens (tertiary/aromatic N) is 1. The Hall–Kier alpha value is -1.56. The third-order valence-corrected chi connectivity index (χ3v) is 3.10. The molecular weight excluding hydrogens is 176 g/mol. The molecule has 2 rings (SSSR count). The van der Waals surface area contributed by atoms with Crippen LogP contribution in [-0.4, -0.2) is 5.91 Å². The Morgan fingerprint density at radius 2 is 2.29 bits per heavy atom. The zero-order valence-corrected chi connectivity index (χ0v) is 7.81. The summed E-state index contributed by atoms with van der Waals surface area (Å²) >= 11 is 0. The summed E-state index contributed by atoms with van der Waals surface area (Å²) in [6.45, 7) is 0. The molecule has 2 N–H and O–H groups in total. The highest BCUT2D eigenvalue weighted by Gasteiger charge is 2.34. The molecular formula is C11H12N2O. The lowest BCUT2D eigenvalue weighted by atomic mass is 9.91. The second-order valence-corrected chi connectivity index (χ2v) is 4.00. The zero-order chi connectivity index (χ0) is 10.1. The number of primary amides is 1. The number of rotatable bonds is 2. The van der Waals surface area contributed by atoms with Crippen LogP contribution in [0.1, 0.15) is 12.8 Å². The minimum absolute atomic E-state index is 0.107. The molecule has 0 aliphatic heterocycles. The number of carbonyl (C=O) groups excluding carboxylic acids is 1. The van der Waals surface area contributed by atoms with E-state index in [1.807, 2.05) is 6.07 Å². The van der Waals surface area contributed by atoms with Gasteiger partial charge in [-0.3, -0.25) is 4.79 Å². The van der Waals surface area contributed by atoms with Gasteiger partial charge in [-0.2, -0.15) is 5.26 Å². The Balaban J connectivity index is 2.15. The van der Waals surface area contributed by atoms with Crippen molar-refractivity contribution in [3.8, 4) is 6.07 Å². The number of hydrogen-bond donors (Lipinski definition) is 1. The number of fused-ring (bicyclic) bond motifs is 2. The van der Waals surface area contributed by atoms with Crippen molar-refractivity contribution < 1.29 is 4.79 Å². The van der Waals surface area contributed by atoms with Crippen LogP contribution in [0.15, 0.2) is 23.8 Å². The predicted molar refractivity (Wildman–Crippen MR) is 51.7 cm³/mol. The van der Waals surface area contributed by atoms with Crippen molar-refractivity contribution in [3.05, 3.63) is 23.8 Å². The van der Waals surface area contributed by atoms with E-state index >= 15 is 0 Å². The summed E-state index contributed by atoms with van der Waals surface area (Å²) in [7, 11) is 0. The number of nitrogens with two attached hydrogens (primary N) is 1. The number of hydrogen-bond acceptors (Lipinski definition) is 2. The van der Waals surface area contributed by atoms with Crippen LogP contribution in [0.25, 0.3) is 0 Å². The number of allylic oxidation sites excluding steroid dienone is 3. The van der Waals surface area contributed by atoms with E-state index in [-0.39, 0.29) is 5.57 Å².